The zero-order valence-corrected chi connectivity index (χ0v) is 12.3. The van der Waals surface area contributed by atoms with Gasteiger partial charge in [-0.05, 0) is 38.5 Å². The van der Waals surface area contributed by atoms with Crippen LogP contribution < -0.4 is 5.73 Å². The highest BCUT2D eigenvalue weighted by Crippen LogP contribution is 2.18. The zero-order valence-electron chi connectivity index (χ0n) is 10.7. The average Bonchev–Trinajstić information content (AvgIpc) is 2.28. The number of nitrogens with zero attached hydrogens (tertiary/aromatic N) is 1. The molecule has 0 fully saturated rings. The van der Waals surface area contributed by atoms with Crippen LogP contribution in [0.3, 0.4) is 0 Å². The lowest BCUT2D eigenvalue weighted by molar-refractivity contribution is 0.0736. The predicted molar refractivity (Wildman–Crippen MR) is 79.1 cm³/mol. The standard InChI is InChI=1S/C13H17ClN2OS/c1-8(2)16(7-12(15)18)13(17)10-5-4-9(3)11(14)6-10/h4-6,8H,7H2,1-3H3,(H2,15,18). The summed E-state index contributed by atoms with van der Waals surface area (Å²) in [6.07, 6.45) is 0. The Morgan fingerprint density at radius 1 is 1.50 bits per heavy atom. The summed E-state index contributed by atoms with van der Waals surface area (Å²) in [4.78, 5) is 14.3. The van der Waals surface area contributed by atoms with Crippen LogP contribution in [0, 0.1) is 6.92 Å². The Bertz CT molecular complexity index is 474. The molecule has 1 aromatic rings. The summed E-state index contributed by atoms with van der Waals surface area (Å²) in [6, 6.07) is 5.29. The number of benzene rings is 1. The molecule has 0 bridgehead atoms. The fourth-order valence-electron chi connectivity index (χ4n) is 1.55. The van der Waals surface area contributed by atoms with Crippen LogP contribution >= 0.6 is 23.8 Å². The van der Waals surface area contributed by atoms with Gasteiger partial charge >= 0.3 is 0 Å². The highest BCUT2D eigenvalue weighted by molar-refractivity contribution is 7.80. The number of carbonyl (C=O) groups is 1. The van der Waals surface area contributed by atoms with Gasteiger partial charge < -0.3 is 10.6 Å². The monoisotopic (exact) mass is 284 g/mol. The second-order valence-corrected chi connectivity index (χ2v) is 5.39. The average molecular weight is 285 g/mol. The molecule has 1 amide bonds. The first-order chi connectivity index (χ1) is 8.32. The van der Waals surface area contributed by atoms with E-state index in [4.69, 9.17) is 29.6 Å². The van der Waals surface area contributed by atoms with E-state index in [-0.39, 0.29) is 18.5 Å². The molecule has 5 heteroatoms. The smallest absolute Gasteiger partial charge is 0.254 e. The van der Waals surface area contributed by atoms with Crippen molar-refractivity contribution in [1.82, 2.24) is 4.90 Å². The number of rotatable bonds is 4. The Balaban J connectivity index is 3.02. The van der Waals surface area contributed by atoms with E-state index in [0.29, 0.717) is 15.6 Å². The van der Waals surface area contributed by atoms with Crippen molar-refractivity contribution in [3.63, 3.8) is 0 Å². The topological polar surface area (TPSA) is 46.3 Å². The molecule has 0 unspecified atom stereocenters. The second kappa shape index (κ2) is 6.16. The molecule has 0 aliphatic heterocycles. The number of hydrogen-bond acceptors (Lipinski definition) is 2. The fourth-order valence-corrected chi connectivity index (χ4v) is 1.87. The third-order valence-electron chi connectivity index (χ3n) is 2.63. The van der Waals surface area contributed by atoms with Gasteiger partial charge in [-0.15, -0.1) is 0 Å². The number of carbonyl (C=O) groups excluding carboxylic acids is 1. The highest BCUT2D eigenvalue weighted by Gasteiger charge is 2.19. The molecule has 98 valence electrons. The summed E-state index contributed by atoms with van der Waals surface area (Å²) >= 11 is 10.9. The fraction of sp³-hybridized carbons (Fsp3) is 0.385. The summed E-state index contributed by atoms with van der Waals surface area (Å²) in [5.74, 6) is -0.111. The van der Waals surface area contributed by atoms with E-state index in [1.807, 2.05) is 26.8 Å². The molecule has 0 aliphatic rings. The summed E-state index contributed by atoms with van der Waals surface area (Å²) < 4.78 is 0. The molecule has 0 radical (unpaired) electrons. The summed E-state index contributed by atoms with van der Waals surface area (Å²) in [5, 5.41) is 0.583. The first-order valence-electron chi connectivity index (χ1n) is 5.68. The van der Waals surface area contributed by atoms with Crippen LogP contribution in [0.25, 0.3) is 0 Å². The molecule has 3 nitrogen and oxygen atoms in total. The van der Waals surface area contributed by atoms with Gasteiger partial charge in [-0.1, -0.05) is 29.9 Å². The van der Waals surface area contributed by atoms with Gasteiger partial charge in [0.2, 0.25) is 0 Å². The van der Waals surface area contributed by atoms with Crippen molar-refractivity contribution in [2.75, 3.05) is 6.54 Å². The van der Waals surface area contributed by atoms with Gasteiger partial charge in [0, 0.05) is 16.6 Å². The Morgan fingerprint density at radius 2 is 2.11 bits per heavy atom. The van der Waals surface area contributed by atoms with E-state index in [1.165, 1.54) is 0 Å². The maximum Gasteiger partial charge on any atom is 0.254 e. The number of hydrogen-bond donors (Lipinski definition) is 1. The summed E-state index contributed by atoms with van der Waals surface area (Å²) in [5.41, 5.74) is 7.01. The van der Waals surface area contributed by atoms with Crippen LogP contribution in [-0.2, 0) is 0 Å². The molecule has 1 aromatic carbocycles. The molecular weight excluding hydrogens is 268 g/mol. The SMILES string of the molecule is Cc1ccc(C(=O)N(CC(N)=S)C(C)C)cc1Cl. The lowest BCUT2D eigenvalue weighted by Crippen LogP contribution is -2.42. The van der Waals surface area contributed by atoms with E-state index in [1.54, 1.807) is 17.0 Å². The van der Waals surface area contributed by atoms with Crippen molar-refractivity contribution in [2.24, 2.45) is 5.73 Å². The molecule has 0 heterocycles. The summed E-state index contributed by atoms with van der Waals surface area (Å²) in [7, 11) is 0. The Morgan fingerprint density at radius 3 is 2.56 bits per heavy atom. The Kier molecular flexibility index (Phi) is 5.11. The lowest BCUT2D eigenvalue weighted by Gasteiger charge is -2.26. The highest BCUT2D eigenvalue weighted by atomic mass is 35.5. The third kappa shape index (κ3) is 3.68. The first-order valence-corrected chi connectivity index (χ1v) is 6.47. The largest absolute Gasteiger partial charge is 0.392 e. The molecule has 0 aliphatic carbocycles. The van der Waals surface area contributed by atoms with Crippen molar-refractivity contribution in [3.8, 4) is 0 Å². The van der Waals surface area contributed by atoms with Crippen LogP contribution in [0.15, 0.2) is 18.2 Å². The van der Waals surface area contributed by atoms with Crippen LogP contribution in [0.2, 0.25) is 5.02 Å². The summed E-state index contributed by atoms with van der Waals surface area (Å²) in [6.45, 7) is 6.01. The van der Waals surface area contributed by atoms with Crippen molar-refractivity contribution in [1.29, 1.82) is 0 Å². The number of halogens is 1. The number of nitrogens with two attached hydrogens (primary N) is 1. The van der Waals surface area contributed by atoms with Crippen LogP contribution in [-0.4, -0.2) is 28.4 Å². The van der Waals surface area contributed by atoms with Gasteiger partial charge in [0.05, 0.1) is 11.5 Å². The third-order valence-corrected chi connectivity index (χ3v) is 3.17. The van der Waals surface area contributed by atoms with E-state index in [2.05, 4.69) is 0 Å². The van der Waals surface area contributed by atoms with Crippen molar-refractivity contribution >= 4 is 34.7 Å². The minimum absolute atomic E-state index is 0.0269. The van der Waals surface area contributed by atoms with Gasteiger partial charge in [0.1, 0.15) is 0 Å². The van der Waals surface area contributed by atoms with Gasteiger partial charge in [-0.3, -0.25) is 4.79 Å². The van der Waals surface area contributed by atoms with E-state index in [0.717, 1.165) is 5.56 Å². The van der Waals surface area contributed by atoms with Gasteiger partial charge in [-0.25, -0.2) is 0 Å². The molecular formula is C13H17ClN2OS. The number of thiocarbonyl (C=S) groups is 1. The zero-order chi connectivity index (χ0) is 13.9. The van der Waals surface area contributed by atoms with E-state index in [9.17, 15) is 4.79 Å². The minimum atomic E-state index is -0.111. The normalized spacial score (nSPS) is 10.5. The van der Waals surface area contributed by atoms with Crippen LogP contribution in [0.4, 0.5) is 0 Å². The molecule has 0 atom stereocenters. The van der Waals surface area contributed by atoms with Gasteiger partial charge in [-0.2, -0.15) is 0 Å². The molecule has 0 aromatic heterocycles. The van der Waals surface area contributed by atoms with Crippen LogP contribution in [0.1, 0.15) is 29.8 Å². The Hall–Kier alpha value is -1.13. The molecule has 1 rings (SSSR count). The van der Waals surface area contributed by atoms with Gasteiger partial charge in [0.15, 0.2) is 0 Å². The lowest BCUT2D eigenvalue weighted by atomic mass is 10.1. The number of amides is 1. The van der Waals surface area contributed by atoms with Crippen molar-refractivity contribution < 1.29 is 4.79 Å². The number of aryl methyl sites for hydroxylation is 1. The maximum atomic E-state index is 12.3. The molecule has 2 N–H and O–H groups in total. The minimum Gasteiger partial charge on any atom is -0.392 e. The molecule has 18 heavy (non-hydrogen) atoms. The molecule has 0 saturated heterocycles. The van der Waals surface area contributed by atoms with Crippen molar-refractivity contribution in [2.45, 2.75) is 26.8 Å². The van der Waals surface area contributed by atoms with Gasteiger partial charge in [0.25, 0.3) is 5.91 Å². The quantitative estimate of drug-likeness (QED) is 0.865. The molecule has 0 saturated carbocycles. The predicted octanol–water partition coefficient (Wildman–Crippen LogP) is 2.79. The van der Waals surface area contributed by atoms with Crippen molar-refractivity contribution in [3.05, 3.63) is 34.3 Å². The Labute approximate surface area is 118 Å². The first kappa shape index (κ1) is 14.9. The van der Waals surface area contributed by atoms with E-state index < -0.39 is 0 Å². The van der Waals surface area contributed by atoms with E-state index >= 15 is 0 Å². The second-order valence-electron chi connectivity index (χ2n) is 4.46. The van der Waals surface area contributed by atoms with Crippen LogP contribution in [0.5, 0.6) is 0 Å². The molecule has 0 spiro atoms. The maximum absolute atomic E-state index is 12.3.